The van der Waals surface area contributed by atoms with Gasteiger partial charge in [0.1, 0.15) is 0 Å². The van der Waals surface area contributed by atoms with E-state index in [1.807, 2.05) is 30.3 Å². The molecule has 120 valence electrons. The van der Waals surface area contributed by atoms with Crippen LogP contribution in [0.3, 0.4) is 0 Å². The number of nitrogens with zero attached hydrogens (tertiary/aromatic N) is 2. The van der Waals surface area contributed by atoms with Gasteiger partial charge in [0, 0.05) is 12.1 Å². The number of nitro groups is 1. The van der Waals surface area contributed by atoms with Crippen molar-refractivity contribution in [2.45, 2.75) is 0 Å². The molecule has 3 rings (SSSR count). The van der Waals surface area contributed by atoms with E-state index in [9.17, 15) is 14.9 Å². The first kappa shape index (κ1) is 15.8. The molecule has 0 atom stereocenters. The average molecular weight is 340 g/mol. The molecule has 2 aromatic carbocycles. The van der Waals surface area contributed by atoms with E-state index in [-0.39, 0.29) is 11.6 Å². The molecule has 0 radical (unpaired) electrons. The van der Waals surface area contributed by atoms with Gasteiger partial charge in [0.05, 0.1) is 15.5 Å². The fourth-order valence-electron chi connectivity index (χ4n) is 1.95. The second kappa shape index (κ2) is 6.97. The number of amides is 1. The van der Waals surface area contributed by atoms with Gasteiger partial charge in [0.25, 0.3) is 11.6 Å². The number of benzene rings is 2. The van der Waals surface area contributed by atoms with Gasteiger partial charge in [-0.2, -0.15) is 0 Å². The van der Waals surface area contributed by atoms with Crippen molar-refractivity contribution in [2.24, 2.45) is 5.10 Å². The van der Waals surface area contributed by atoms with Crippen molar-refractivity contribution in [1.29, 1.82) is 0 Å². The fraction of sp³-hybridized carbons (Fsp3) is 0. The first-order chi connectivity index (χ1) is 11.6. The maximum atomic E-state index is 11.9. The van der Waals surface area contributed by atoms with Gasteiger partial charge >= 0.3 is 0 Å². The molecule has 7 nitrogen and oxygen atoms in total. The lowest BCUT2D eigenvalue weighted by atomic mass is 10.2. The molecule has 0 bridgehead atoms. The zero-order valence-electron chi connectivity index (χ0n) is 12.3. The summed E-state index contributed by atoms with van der Waals surface area (Å²) in [6.07, 6.45) is 1.79. The van der Waals surface area contributed by atoms with Crippen molar-refractivity contribution in [3.63, 3.8) is 0 Å². The number of rotatable bonds is 4. The van der Waals surface area contributed by atoms with E-state index in [2.05, 4.69) is 15.8 Å². The van der Waals surface area contributed by atoms with Crippen LogP contribution in [0.4, 0.5) is 11.4 Å². The van der Waals surface area contributed by atoms with Crippen LogP contribution in [-0.4, -0.2) is 16.0 Å². The third kappa shape index (κ3) is 3.79. The lowest BCUT2D eigenvalue weighted by Gasteiger charge is -2.00. The molecule has 1 saturated heterocycles. The molecule has 0 spiro atoms. The van der Waals surface area contributed by atoms with Crippen LogP contribution in [0.25, 0.3) is 6.08 Å². The predicted molar refractivity (Wildman–Crippen MR) is 94.3 cm³/mol. The lowest BCUT2D eigenvalue weighted by Crippen LogP contribution is -2.20. The van der Waals surface area contributed by atoms with Crippen LogP contribution in [0.2, 0.25) is 0 Å². The quantitative estimate of drug-likeness (QED) is 0.506. The molecule has 24 heavy (non-hydrogen) atoms. The van der Waals surface area contributed by atoms with E-state index < -0.39 is 4.92 Å². The molecule has 0 aromatic heterocycles. The number of carbonyl (C=O) groups excluding carboxylic acids is 1. The summed E-state index contributed by atoms with van der Waals surface area (Å²) >= 11 is 1.22. The van der Waals surface area contributed by atoms with Gasteiger partial charge in [-0.05, 0) is 35.5 Å². The Kier molecular flexibility index (Phi) is 4.57. The smallest absolute Gasteiger partial charge is 0.269 e. The Hall–Kier alpha value is -3.13. The Morgan fingerprint density at radius 2 is 1.83 bits per heavy atom. The summed E-state index contributed by atoms with van der Waals surface area (Å²) in [6.45, 7) is 0. The highest BCUT2D eigenvalue weighted by molar-refractivity contribution is 8.18. The molecule has 0 aliphatic carbocycles. The third-order valence-corrected chi connectivity index (χ3v) is 4.02. The molecule has 1 fully saturated rings. The van der Waals surface area contributed by atoms with Crippen LogP contribution in [0.15, 0.2) is 64.6 Å². The van der Waals surface area contributed by atoms with E-state index in [0.29, 0.717) is 15.8 Å². The molecule has 2 aromatic rings. The summed E-state index contributed by atoms with van der Waals surface area (Å²) < 4.78 is 0. The van der Waals surface area contributed by atoms with E-state index in [4.69, 9.17) is 0 Å². The SMILES string of the molecule is O=C1N/C(=N\Nc2ccc([N+](=O)[O-])cc2)S/C1=C\c1ccccc1. The Morgan fingerprint density at radius 3 is 2.50 bits per heavy atom. The Labute approximate surface area is 141 Å². The second-order valence-corrected chi connectivity index (χ2v) is 5.84. The monoisotopic (exact) mass is 340 g/mol. The number of hydrogen-bond acceptors (Lipinski definition) is 6. The average Bonchev–Trinajstić information content (AvgIpc) is 2.94. The zero-order valence-corrected chi connectivity index (χ0v) is 13.1. The van der Waals surface area contributed by atoms with Crippen LogP contribution in [0.5, 0.6) is 0 Å². The summed E-state index contributed by atoms with van der Waals surface area (Å²) in [5, 5.41) is 17.8. The van der Waals surface area contributed by atoms with Gasteiger partial charge in [-0.1, -0.05) is 30.3 Å². The highest BCUT2D eigenvalue weighted by Gasteiger charge is 2.23. The van der Waals surface area contributed by atoms with Crippen LogP contribution >= 0.6 is 11.8 Å². The molecule has 1 amide bonds. The molecule has 0 saturated carbocycles. The summed E-state index contributed by atoms with van der Waals surface area (Å²) in [4.78, 5) is 22.6. The summed E-state index contributed by atoms with van der Waals surface area (Å²) in [6, 6.07) is 15.4. The molecule has 2 N–H and O–H groups in total. The summed E-state index contributed by atoms with van der Waals surface area (Å²) in [5.74, 6) is -0.215. The Balaban J connectivity index is 1.68. The number of carbonyl (C=O) groups is 1. The van der Waals surface area contributed by atoms with Crippen molar-refractivity contribution in [1.82, 2.24) is 5.32 Å². The van der Waals surface area contributed by atoms with Crippen molar-refractivity contribution >= 4 is 40.3 Å². The number of non-ortho nitro benzene ring substituents is 1. The first-order valence-corrected chi connectivity index (χ1v) is 7.77. The number of hydrazone groups is 1. The fourth-order valence-corrected chi connectivity index (χ4v) is 2.74. The van der Waals surface area contributed by atoms with Crippen LogP contribution in [0.1, 0.15) is 5.56 Å². The van der Waals surface area contributed by atoms with Gasteiger partial charge in [-0.3, -0.25) is 25.7 Å². The lowest BCUT2D eigenvalue weighted by molar-refractivity contribution is -0.384. The molecular formula is C16H12N4O3S. The topological polar surface area (TPSA) is 96.6 Å². The van der Waals surface area contributed by atoms with Crippen molar-refractivity contribution in [3.05, 3.63) is 75.2 Å². The highest BCUT2D eigenvalue weighted by atomic mass is 32.2. The minimum Gasteiger partial charge on any atom is -0.299 e. The predicted octanol–water partition coefficient (Wildman–Crippen LogP) is 3.18. The maximum absolute atomic E-state index is 11.9. The molecule has 0 unspecified atom stereocenters. The van der Waals surface area contributed by atoms with E-state index in [0.717, 1.165) is 5.56 Å². The Morgan fingerprint density at radius 1 is 1.12 bits per heavy atom. The number of hydrogen-bond donors (Lipinski definition) is 2. The Bertz CT molecular complexity index is 832. The van der Waals surface area contributed by atoms with Crippen molar-refractivity contribution < 1.29 is 9.72 Å². The minimum atomic E-state index is -0.469. The van der Waals surface area contributed by atoms with Crippen LogP contribution in [-0.2, 0) is 4.79 Å². The molecule has 8 heteroatoms. The van der Waals surface area contributed by atoms with E-state index in [1.165, 1.54) is 23.9 Å². The first-order valence-electron chi connectivity index (χ1n) is 6.96. The number of nitrogens with one attached hydrogen (secondary N) is 2. The molecule has 1 aliphatic rings. The van der Waals surface area contributed by atoms with Gasteiger partial charge < -0.3 is 0 Å². The molecule has 1 aliphatic heterocycles. The van der Waals surface area contributed by atoms with Gasteiger partial charge in [-0.15, -0.1) is 5.10 Å². The number of thioether (sulfide) groups is 1. The van der Waals surface area contributed by atoms with Crippen molar-refractivity contribution in [2.75, 3.05) is 5.43 Å². The van der Waals surface area contributed by atoms with E-state index in [1.54, 1.807) is 18.2 Å². The van der Waals surface area contributed by atoms with Gasteiger partial charge in [0.15, 0.2) is 5.17 Å². The summed E-state index contributed by atoms with van der Waals surface area (Å²) in [7, 11) is 0. The number of nitro benzene ring substituents is 1. The zero-order chi connectivity index (χ0) is 16.9. The molecule has 1 heterocycles. The summed E-state index contributed by atoms with van der Waals surface area (Å²) in [5.41, 5.74) is 4.28. The van der Waals surface area contributed by atoms with Gasteiger partial charge in [0.2, 0.25) is 0 Å². The van der Waals surface area contributed by atoms with E-state index >= 15 is 0 Å². The minimum absolute atomic E-state index is 0.00447. The highest BCUT2D eigenvalue weighted by Crippen LogP contribution is 2.26. The van der Waals surface area contributed by atoms with Crippen LogP contribution in [0, 0.1) is 10.1 Å². The molecular weight excluding hydrogens is 328 g/mol. The van der Waals surface area contributed by atoms with Crippen LogP contribution < -0.4 is 10.7 Å². The number of amidine groups is 1. The largest absolute Gasteiger partial charge is 0.299 e. The normalized spacial score (nSPS) is 17.1. The number of anilines is 1. The standard InChI is InChI=1S/C16H12N4O3S/c21-15-14(10-11-4-2-1-3-5-11)24-16(17-15)19-18-12-6-8-13(9-7-12)20(22)23/h1-10,18H,(H,17,19,21)/b14-10-. The van der Waals surface area contributed by atoms with Gasteiger partial charge in [-0.25, -0.2) is 0 Å². The second-order valence-electron chi connectivity index (χ2n) is 4.81. The van der Waals surface area contributed by atoms with Crippen molar-refractivity contribution in [3.8, 4) is 0 Å². The third-order valence-electron chi connectivity index (χ3n) is 3.11. The maximum Gasteiger partial charge on any atom is 0.269 e.